The molecule has 0 spiro atoms. The largest absolute Gasteiger partial charge is 0.309 e. The Morgan fingerprint density at radius 2 is 0.708 bits per heavy atom. The summed E-state index contributed by atoms with van der Waals surface area (Å²) < 4.78 is 4.90. The van der Waals surface area contributed by atoms with E-state index in [1.807, 2.05) is 0 Å². The second-order valence-corrected chi connectivity index (χ2v) is 12.9. The van der Waals surface area contributed by atoms with Crippen molar-refractivity contribution < 1.29 is 0 Å². The average Bonchev–Trinajstić information content (AvgIpc) is 3.69. The Labute approximate surface area is 276 Å². The number of hydrogen-bond donors (Lipinski definition) is 0. The van der Waals surface area contributed by atoms with Crippen LogP contribution in [0.2, 0.25) is 0 Å². The molecule has 11 aromatic rings. The van der Waals surface area contributed by atoms with E-state index in [-0.39, 0.29) is 0 Å². The topological polar surface area (TPSA) is 9.86 Å². The molecule has 0 aliphatic heterocycles. The Morgan fingerprint density at radius 3 is 1.38 bits per heavy atom. The van der Waals surface area contributed by atoms with E-state index in [2.05, 4.69) is 179 Å². The minimum absolute atomic E-state index is 1.15. The van der Waals surface area contributed by atoms with E-state index in [1.54, 1.807) is 0 Å². The lowest BCUT2D eigenvalue weighted by atomic mass is 9.93. The number of hydrogen-bond acceptors (Lipinski definition) is 0. The zero-order valence-electron chi connectivity index (χ0n) is 26.1. The van der Waals surface area contributed by atoms with Gasteiger partial charge in [-0.05, 0) is 80.2 Å². The molecule has 2 aromatic heterocycles. The lowest BCUT2D eigenvalue weighted by molar-refractivity contribution is 1.15. The van der Waals surface area contributed by atoms with Crippen molar-refractivity contribution in [2.24, 2.45) is 0 Å². The van der Waals surface area contributed by atoms with Gasteiger partial charge in [-0.3, -0.25) is 0 Å². The first-order valence-corrected chi connectivity index (χ1v) is 16.6. The molecule has 2 heteroatoms. The van der Waals surface area contributed by atoms with Crippen molar-refractivity contribution >= 4 is 86.7 Å². The first-order valence-electron chi connectivity index (χ1n) is 16.6. The zero-order chi connectivity index (χ0) is 31.3. The summed E-state index contributed by atoms with van der Waals surface area (Å²) in [6.07, 6.45) is 0. The highest BCUT2D eigenvalue weighted by Crippen LogP contribution is 2.44. The maximum absolute atomic E-state index is 2.48. The predicted octanol–water partition coefficient (Wildman–Crippen LogP) is 12.5. The molecule has 0 N–H and O–H groups in total. The second kappa shape index (κ2) is 9.57. The van der Waals surface area contributed by atoms with Gasteiger partial charge in [0.15, 0.2) is 0 Å². The van der Waals surface area contributed by atoms with Gasteiger partial charge in [0, 0.05) is 38.3 Å². The van der Waals surface area contributed by atoms with Crippen LogP contribution in [-0.2, 0) is 0 Å². The van der Waals surface area contributed by atoms with Gasteiger partial charge in [0.25, 0.3) is 0 Å². The van der Waals surface area contributed by atoms with Gasteiger partial charge in [0.2, 0.25) is 0 Å². The Kier molecular flexibility index (Phi) is 5.14. The number of benzene rings is 9. The number of aromatic nitrogens is 2. The van der Waals surface area contributed by atoms with Crippen molar-refractivity contribution in [2.75, 3.05) is 0 Å². The summed E-state index contributed by atoms with van der Waals surface area (Å²) in [6.45, 7) is 0. The molecule has 0 saturated carbocycles. The molecule has 0 unspecified atom stereocenters. The molecular formula is C46H28N2. The second-order valence-electron chi connectivity index (χ2n) is 12.9. The zero-order valence-corrected chi connectivity index (χ0v) is 26.1. The van der Waals surface area contributed by atoms with Gasteiger partial charge in [-0.1, -0.05) is 127 Å². The van der Waals surface area contributed by atoms with Gasteiger partial charge in [0.1, 0.15) is 0 Å². The molecule has 0 aliphatic carbocycles. The van der Waals surface area contributed by atoms with E-state index in [0.717, 1.165) is 11.4 Å². The molecule has 222 valence electrons. The van der Waals surface area contributed by atoms with Crippen LogP contribution in [0.15, 0.2) is 170 Å². The van der Waals surface area contributed by atoms with Crippen molar-refractivity contribution in [3.05, 3.63) is 170 Å². The Balaban J connectivity index is 1.22. The van der Waals surface area contributed by atoms with Crippen LogP contribution in [0.1, 0.15) is 0 Å². The van der Waals surface area contributed by atoms with Crippen LogP contribution in [0.25, 0.3) is 98.1 Å². The molecule has 0 fully saturated rings. The summed E-state index contributed by atoms with van der Waals surface area (Å²) in [5.41, 5.74) is 7.23. The van der Waals surface area contributed by atoms with Crippen molar-refractivity contribution in [1.29, 1.82) is 0 Å². The fourth-order valence-electron chi connectivity index (χ4n) is 8.48. The van der Waals surface area contributed by atoms with Crippen molar-refractivity contribution in [2.45, 2.75) is 0 Å². The highest BCUT2D eigenvalue weighted by Gasteiger charge is 2.20. The van der Waals surface area contributed by atoms with Gasteiger partial charge in [0.05, 0.1) is 22.1 Å². The minimum atomic E-state index is 1.15. The maximum Gasteiger partial charge on any atom is 0.0626 e. The van der Waals surface area contributed by atoms with Crippen molar-refractivity contribution in [3.8, 4) is 11.4 Å². The molecule has 9 aromatic carbocycles. The summed E-state index contributed by atoms with van der Waals surface area (Å²) in [5.74, 6) is 0. The van der Waals surface area contributed by atoms with E-state index in [0.29, 0.717) is 0 Å². The quantitative estimate of drug-likeness (QED) is 0.173. The highest BCUT2D eigenvalue weighted by molar-refractivity contribution is 6.36. The molecule has 0 amide bonds. The molecule has 0 bridgehead atoms. The lowest BCUT2D eigenvalue weighted by Crippen LogP contribution is -1.98. The van der Waals surface area contributed by atoms with E-state index in [9.17, 15) is 0 Å². The van der Waals surface area contributed by atoms with Crippen LogP contribution in [-0.4, -0.2) is 9.13 Å². The summed E-state index contributed by atoms with van der Waals surface area (Å²) in [4.78, 5) is 0. The summed E-state index contributed by atoms with van der Waals surface area (Å²) in [5, 5.41) is 15.5. The highest BCUT2D eigenvalue weighted by atomic mass is 15.0. The van der Waals surface area contributed by atoms with Gasteiger partial charge in [-0.15, -0.1) is 0 Å². The fraction of sp³-hybridized carbons (Fsp3) is 0. The van der Waals surface area contributed by atoms with Crippen LogP contribution >= 0.6 is 0 Å². The van der Waals surface area contributed by atoms with Gasteiger partial charge in [-0.25, -0.2) is 0 Å². The molecule has 2 heterocycles. The third-order valence-corrected chi connectivity index (χ3v) is 10.5. The average molecular weight is 609 g/mol. The summed E-state index contributed by atoms with van der Waals surface area (Å²) >= 11 is 0. The van der Waals surface area contributed by atoms with Crippen LogP contribution in [0.3, 0.4) is 0 Å². The van der Waals surface area contributed by atoms with Crippen molar-refractivity contribution in [1.82, 2.24) is 9.13 Å². The van der Waals surface area contributed by atoms with Crippen LogP contribution < -0.4 is 0 Å². The predicted molar refractivity (Wildman–Crippen MR) is 205 cm³/mol. The summed E-state index contributed by atoms with van der Waals surface area (Å²) in [6, 6.07) is 62.4. The molecular weight excluding hydrogens is 581 g/mol. The van der Waals surface area contributed by atoms with E-state index in [1.165, 1.54) is 86.7 Å². The smallest absolute Gasteiger partial charge is 0.0626 e. The normalized spacial score (nSPS) is 12.2. The summed E-state index contributed by atoms with van der Waals surface area (Å²) in [7, 11) is 0. The van der Waals surface area contributed by atoms with E-state index >= 15 is 0 Å². The first-order chi connectivity index (χ1) is 23.8. The molecule has 2 nitrogen and oxygen atoms in total. The van der Waals surface area contributed by atoms with E-state index in [4.69, 9.17) is 0 Å². The number of nitrogens with zero attached hydrogens (tertiary/aromatic N) is 2. The van der Waals surface area contributed by atoms with Crippen molar-refractivity contribution in [3.63, 3.8) is 0 Å². The third kappa shape index (κ3) is 3.36. The van der Waals surface area contributed by atoms with Crippen LogP contribution in [0.5, 0.6) is 0 Å². The van der Waals surface area contributed by atoms with Gasteiger partial charge >= 0.3 is 0 Å². The monoisotopic (exact) mass is 608 g/mol. The lowest BCUT2D eigenvalue weighted by Gasteiger charge is -2.15. The molecule has 48 heavy (non-hydrogen) atoms. The SMILES string of the molecule is c1ccc2c(c1)ccc1c2c2ccccc2c2c3ccccc3n(-c3ccc(-n4c5ccccc5c5c6ccccc6ccc54)cc3)c12. The van der Waals surface area contributed by atoms with Crippen LogP contribution in [0.4, 0.5) is 0 Å². The standard InChI is InChI=1S/C46H28N2/c1-3-13-33-29(11-1)21-27-39-43(33)35-15-5-6-16-36(35)45-38-18-8-10-20-41(38)48(46(39)45)32-25-23-31(24-26-32)47-40-19-9-7-17-37(40)44-34-14-4-2-12-30(34)22-28-42(44)47/h1-28H. The molecule has 0 aliphatic rings. The molecule has 0 saturated heterocycles. The van der Waals surface area contributed by atoms with Gasteiger partial charge < -0.3 is 9.13 Å². The van der Waals surface area contributed by atoms with Crippen LogP contribution in [0, 0.1) is 0 Å². The van der Waals surface area contributed by atoms with Gasteiger partial charge in [-0.2, -0.15) is 0 Å². The van der Waals surface area contributed by atoms with E-state index < -0.39 is 0 Å². The fourth-order valence-corrected chi connectivity index (χ4v) is 8.48. The number of para-hydroxylation sites is 2. The first kappa shape index (κ1) is 25.8. The third-order valence-electron chi connectivity index (χ3n) is 10.5. The Hall–Kier alpha value is -6.38. The minimum Gasteiger partial charge on any atom is -0.309 e. The molecule has 0 atom stereocenters. The maximum atomic E-state index is 2.48. The molecule has 0 radical (unpaired) electrons. The molecule has 11 rings (SSSR count). The Bertz CT molecular complexity index is 3100. The number of fused-ring (bicyclic) bond motifs is 15. The number of rotatable bonds is 2. The Morgan fingerprint density at radius 1 is 0.250 bits per heavy atom.